The van der Waals surface area contributed by atoms with Gasteiger partial charge in [0.15, 0.2) is 5.82 Å². The zero-order valence-electron chi connectivity index (χ0n) is 7.98. The van der Waals surface area contributed by atoms with Crippen molar-refractivity contribution >= 4 is 21.9 Å². The molecule has 0 aliphatic heterocycles. The predicted molar refractivity (Wildman–Crippen MR) is 59.9 cm³/mol. The van der Waals surface area contributed by atoms with E-state index >= 15 is 0 Å². The standard InChI is InChI=1S/C9H8BrN5/c1-5-13-8(15-9(11)14-5)6-2-7(10)4-12-3-6/h2-4H,1H3,(H2,11,13,14,15). The third-order valence-corrected chi connectivity index (χ3v) is 2.16. The molecule has 0 bridgehead atoms. The van der Waals surface area contributed by atoms with Gasteiger partial charge in [0.2, 0.25) is 5.95 Å². The van der Waals surface area contributed by atoms with Crippen LogP contribution >= 0.6 is 15.9 Å². The Labute approximate surface area is 94.9 Å². The van der Waals surface area contributed by atoms with Gasteiger partial charge in [-0.05, 0) is 28.9 Å². The van der Waals surface area contributed by atoms with Gasteiger partial charge in [-0.15, -0.1) is 0 Å². The second-order valence-electron chi connectivity index (χ2n) is 2.96. The Morgan fingerprint density at radius 2 is 2.00 bits per heavy atom. The average molecular weight is 266 g/mol. The Morgan fingerprint density at radius 1 is 1.20 bits per heavy atom. The fourth-order valence-electron chi connectivity index (χ4n) is 1.17. The van der Waals surface area contributed by atoms with Gasteiger partial charge in [-0.3, -0.25) is 4.98 Å². The van der Waals surface area contributed by atoms with Gasteiger partial charge < -0.3 is 5.73 Å². The summed E-state index contributed by atoms with van der Waals surface area (Å²) >= 11 is 3.33. The Balaban J connectivity index is 2.54. The molecule has 2 rings (SSSR count). The topological polar surface area (TPSA) is 77.6 Å². The zero-order valence-corrected chi connectivity index (χ0v) is 9.56. The van der Waals surface area contributed by atoms with Gasteiger partial charge in [-0.1, -0.05) is 0 Å². The predicted octanol–water partition coefficient (Wildman–Crippen LogP) is 1.59. The van der Waals surface area contributed by atoms with Gasteiger partial charge in [0, 0.05) is 22.4 Å². The number of pyridine rings is 1. The molecule has 0 radical (unpaired) electrons. The number of hydrogen-bond donors (Lipinski definition) is 1. The molecule has 0 aliphatic rings. The van der Waals surface area contributed by atoms with Crippen molar-refractivity contribution < 1.29 is 0 Å². The minimum atomic E-state index is 0.220. The van der Waals surface area contributed by atoms with Crippen LogP contribution in [0.15, 0.2) is 22.9 Å². The van der Waals surface area contributed by atoms with Crippen molar-refractivity contribution in [2.45, 2.75) is 6.92 Å². The lowest BCUT2D eigenvalue weighted by atomic mass is 10.3. The fourth-order valence-corrected chi connectivity index (χ4v) is 1.53. The lowest BCUT2D eigenvalue weighted by Gasteiger charge is -2.01. The summed E-state index contributed by atoms with van der Waals surface area (Å²) in [7, 11) is 0. The minimum absolute atomic E-state index is 0.220. The summed E-state index contributed by atoms with van der Waals surface area (Å²) in [5, 5.41) is 0. The number of hydrogen-bond acceptors (Lipinski definition) is 5. The van der Waals surface area contributed by atoms with E-state index < -0.39 is 0 Å². The quantitative estimate of drug-likeness (QED) is 0.847. The molecule has 15 heavy (non-hydrogen) atoms. The lowest BCUT2D eigenvalue weighted by molar-refractivity contribution is 0.994. The van der Waals surface area contributed by atoms with Gasteiger partial charge in [0.1, 0.15) is 5.82 Å². The molecular formula is C9H8BrN5. The van der Waals surface area contributed by atoms with Gasteiger partial charge in [-0.2, -0.15) is 9.97 Å². The summed E-state index contributed by atoms with van der Waals surface area (Å²) in [5.74, 6) is 1.35. The maximum atomic E-state index is 5.54. The number of nitrogen functional groups attached to an aromatic ring is 1. The van der Waals surface area contributed by atoms with Crippen molar-refractivity contribution in [3.8, 4) is 11.4 Å². The van der Waals surface area contributed by atoms with Crippen LogP contribution in [0.3, 0.4) is 0 Å². The van der Waals surface area contributed by atoms with Crippen molar-refractivity contribution in [2.75, 3.05) is 5.73 Å². The van der Waals surface area contributed by atoms with E-state index in [0.717, 1.165) is 10.0 Å². The van der Waals surface area contributed by atoms with E-state index in [4.69, 9.17) is 5.73 Å². The van der Waals surface area contributed by atoms with E-state index in [1.54, 1.807) is 19.3 Å². The fraction of sp³-hybridized carbons (Fsp3) is 0.111. The highest BCUT2D eigenvalue weighted by molar-refractivity contribution is 9.10. The van der Waals surface area contributed by atoms with Crippen molar-refractivity contribution in [2.24, 2.45) is 0 Å². The Hall–Kier alpha value is -1.56. The van der Waals surface area contributed by atoms with Crippen LogP contribution in [-0.2, 0) is 0 Å². The Morgan fingerprint density at radius 3 is 2.67 bits per heavy atom. The van der Waals surface area contributed by atoms with E-state index in [-0.39, 0.29) is 5.95 Å². The molecule has 0 saturated heterocycles. The molecule has 2 heterocycles. The number of nitrogens with two attached hydrogens (primary N) is 1. The maximum Gasteiger partial charge on any atom is 0.223 e. The summed E-state index contributed by atoms with van der Waals surface area (Å²) in [6, 6.07) is 1.88. The van der Waals surface area contributed by atoms with E-state index in [1.807, 2.05) is 6.07 Å². The SMILES string of the molecule is Cc1nc(N)nc(-c2cncc(Br)c2)n1. The van der Waals surface area contributed by atoms with Crippen molar-refractivity contribution in [1.29, 1.82) is 0 Å². The van der Waals surface area contributed by atoms with E-state index in [9.17, 15) is 0 Å². The van der Waals surface area contributed by atoms with Gasteiger partial charge in [-0.25, -0.2) is 4.98 Å². The first kappa shape index (κ1) is 9.97. The van der Waals surface area contributed by atoms with Crippen molar-refractivity contribution in [3.63, 3.8) is 0 Å². The van der Waals surface area contributed by atoms with Gasteiger partial charge in [0.25, 0.3) is 0 Å². The molecule has 2 N–H and O–H groups in total. The van der Waals surface area contributed by atoms with Crippen molar-refractivity contribution in [1.82, 2.24) is 19.9 Å². The molecule has 0 fully saturated rings. The largest absolute Gasteiger partial charge is 0.368 e. The second kappa shape index (κ2) is 3.90. The zero-order chi connectivity index (χ0) is 10.8. The van der Waals surface area contributed by atoms with Crippen LogP contribution in [0.4, 0.5) is 5.95 Å². The van der Waals surface area contributed by atoms with E-state index in [0.29, 0.717) is 11.6 Å². The third-order valence-electron chi connectivity index (χ3n) is 1.73. The van der Waals surface area contributed by atoms with Crippen LogP contribution in [0.2, 0.25) is 0 Å². The van der Waals surface area contributed by atoms with E-state index in [1.165, 1.54) is 0 Å². The molecule has 2 aromatic heterocycles. The first-order valence-corrected chi connectivity index (χ1v) is 5.03. The summed E-state index contributed by atoms with van der Waals surface area (Å²) in [4.78, 5) is 16.2. The normalized spacial score (nSPS) is 10.3. The highest BCUT2D eigenvalue weighted by Gasteiger charge is 2.04. The summed E-state index contributed by atoms with van der Waals surface area (Å²) < 4.78 is 0.872. The highest BCUT2D eigenvalue weighted by atomic mass is 79.9. The maximum absolute atomic E-state index is 5.54. The summed E-state index contributed by atoms with van der Waals surface area (Å²) in [6.45, 7) is 1.77. The number of rotatable bonds is 1. The summed E-state index contributed by atoms with van der Waals surface area (Å²) in [6.07, 6.45) is 3.37. The molecule has 0 spiro atoms. The van der Waals surface area contributed by atoms with Gasteiger partial charge >= 0.3 is 0 Å². The molecular weight excluding hydrogens is 258 g/mol. The van der Waals surface area contributed by atoms with Crippen LogP contribution in [-0.4, -0.2) is 19.9 Å². The average Bonchev–Trinajstić information content (AvgIpc) is 2.16. The molecule has 0 unspecified atom stereocenters. The Kier molecular flexibility index (Phi) is 2.59. The second-order valence-corrected chi connectivity index (χ2v) is 3.87. The first-order valence-electron chi connectivity index (χ1n) is 4.24. The monoisotopic (exact) mass is 265 g/mol. The molecule has 0 aromatic carbocycles. The molecule has 0 aliphatic carbocycles. The van der Waals surface area contributed by atoms with E-state index in [2.05, 4.69) is 35.9 Å². The number of aromatic nitrogens is 4. The van der Waals surface area contributed by atoms with Crippen LogP contribution < -0.4 is 5.73 Å². The Bertz CT molecular complexity index is 479. The number of nitrogens with zero attached hydrogens (tertiary/aromatic N) is 4. The molecule has 0 saturated carbocycles. The van der Waals surface area contributed by atoms with Crippen LogP contribution in [0.25, 0.3) is 11.4 Å². The minimum Gasteiger partial charge on any atom is -0.368 e. The first-order chi connectivity index (χ1) is 7.15. The van der Waals surface area contributed by atoms with Gasteiger partial charge in [0.05, 0.1) is 0 Å². The molecule has 2 aromatic rings. The van der Waals surface area contributed by atoms with Crippen LogP contribution in [0.1, 0.15) is 5.82 Å². The molecule has 5 nitrogen and oxygen atoms in total. The molecule has 0 amide bonds. The lowest BCUT2D eigenvalue weighted by Crippen LogP contribution is -2.02. The highest BCUT2D eigenvalue weighted by Crippen LogP contribution is 2.18. The van der Waals surface area contributed by atoms with Crippen molar-refractivity contribution in [3.05, 3.63) is 28.8 Å². The van der Waals surface area contributed by atoms with Crippen LogP contribution in [0, 0.1) is 6.92 Å². The number of aryl methyl sites for hydroxylation is 1. The smallest absolute Gasteiger partial charge is 0.223 e. The third kappa shape index (κ3) is 2.27. The number of anilines is 1. The molecule has 0 atom stereocenters. The number of halogens is 1. The van der Waals surface area contributed by atoms with Crippen LogP contribution in [0.5, 0.6) is 0 Å². The molecule has 6 heteroatoms. The molecule has 76 valence electrons. The summed E-state index contributed by atoms with van der Waals surface area (Å²) in [5.41, 5.74) is 6.35.